The van der Waals surface area contributed by atoms with Crippen molar-refractivity contribution in [3.05, 3.63) is 34.6 Å². The predicted molar refractivity (Wildman–Crippen MR) is 60.4 cm³/mol. The highest BCUT2D eigenvalue weighted by Crippen LogP contribution is 2.31. The predicted octanol–water partition coefficient (Wildman–Crippen LogP) is 2.02. The molecule has 0 aromatic heterocycles. The summed E-state index contributed by atoms with van der Waals surface area (Å²) in [6, 6.07) is 4.25. The van der Waals surface area contributed by atoms with Crippen LogP contribution in [-0.2, 0) is 4.74 Å². The molecule has 16 heavy (non-hydrogen) atoms. The highest BCUT2D eigenvalue weighted by atomic mass is 35.5. The number of nitrogens with two attached hydrogens (primary N) is 1. The number of nitrogens with one attached hydrogen (secondary N) is 1. The summed E-state index contributed by atoms with van der Waals surface area (Å²) in [6.07, 6.45) is 0.876. The van der Waals surface area contributed by atoms with Crippen LogP contribution in [0, 0.1) is 11.7 Å². The molecule has 2 unspecified atom stereocenters. The molecule has 1 aromatic carbocycles. The van der Waals surface area contributed by atoms with Crippen LogP contribution in [0.3, 0.4) is 0 Å². The van der Waals surface area contributed by atoms with Gasteiger partial charge in [-0.1, -0.05) is 11.6 Å². The third-order valence-corrected chi connectivity index (χ3v) is 3.14. The van der Waals surface area contributed by atoms with E-state index in [9.17, 15) is 4.39 Å². The molecule has 1 saturated heterocycles. The normalized spacial score (nSPS) is 22.3. The number of benzene rings is 1. The molecule has 0 amide bonds. The molecule has 0 radical (unpaired) electrons. The summed E-state index contributed by atoms with van der Waals surface area (Å²) in [4.78, 5) is 0. The van der Waals surface area contributed by atoms with Crippen molar-refractivity contribution >= 4 is 11.6 Å². The van der Waals surface area contributed by atoms with Gasteiger partial charge in [0, 0.05) is 23.1 Å². The first-order valence-corrected chi connectivity index (χ1v) is 5.59. The molecule has 88 valence electrons. The molecule has 0 spiro atoms. The maximum Gasteiger partial charge on any atom is 0.128 e. The Hall–Kier alpha value is -0.680. The molecule has 2 atom stereocenters. The molecule has 0 saturated carbocycles. The van der Waals surface area contributed by atoms with Gasteiger partial charge in [-0.05, 0) is 24.6 Å². The number of hydrogen-bond acceptors (Lipinski definition) is 3. The van der Waals surface area contributed by atoms with E-state index in [2.05, 4.69) is 5.43 Å². The lowest BCUT2D eigenvalue weighted by Gasteiger charge is -2.22. The Kier molecular flexibility index (Phi) is 3.76. The van der Waals surface area contributed by atoms with Gasteiger partial charge in [0.15, 0.2) is 0 Å². The van der Waals surface area contributed by atoms with Crippen LogP contribution in [0.5, 0.6) is 0 Å². The maximum atomic E-state index is 13.7. The van der Waals surface area contributed by atoms with Crippen molar-refractivity contribution in [1.82, 2.24) is 5.43 Å². The van der Waals surface area contributed by atoms with E-state index in [0.29, 0.717) is 23.8 Å². The number of ether oxygens (including phenoxy) is 1. The first-order valence-electron chi connectivity index (χ1n) is 5.21. The zero-order chi connectivity index (χ0) is 11.5. The Labute approximate surface area is 98.7 Å². The van der Waals surface area contributed by atoms with Crippen LogP contribution >= 0.6 is 11.6 Å². The van der Waals surface area contributed by atoms with Crippen LogP contribution in [0.25, 0.3) is 0 Å². The Morgan fingerprint density at radius 1 is 1.56 bits per heavy atom. The van der Waals surface area contributed by atoms with Crippen molar-refractivity contribution in [2.75, 3.05) is 13.2 Å². The fraction of sp³-hybridized carbons (Fsp3) is 0.455. The quantitative estimate of drug-likeness (QED) is 0.632. The summed E-state index contributed by atoms with van der Waals surface area (Å²) in [6.45, 7) is 1.30. The minimum atomic E-state index is -0.292. The molecule has 5 heteroatoms. The van der Waals surface area contributed by atoms with Gasteiger partial charge in [0.1, 0.15) is 5.82 Å². The van der Waals surface area contributed by atoms with E-state index in [4.69, 9.17) is 22.2 Å². The average Bonchev–Trinajstić information content (AvgIpc) is 2.78. The Morgan fingerprint density at radius 3 is 3.00 bits per heavy atom. The van der Waals surface area contributed by atoms with Crippen LogP contribution in [0.15, 0.2) is 18.2 Å². The summed E-state index contributed by atoms with van der Waals surface area (Å²) in [5.74, 6) is 5.39. The summed E-state index contributed by atoms with van der Waals surface area (Å²) < 4.78 is 18.9. The Balaban J connectivity index is 2.28. The lowest BCUT2D eigenvalue weighted by molar-refractivity contribution is 0.176. The largest absolute Gasteiger partial charge is 0.381 e. The SMILES string of the molecule is NNC(c1cc(Cl)ccc1F)C1CCOC1. The van der Waals surface area contributed by atoms with Gasteiger partial charge < -0.3 is 4.74 Å². The van der Waals surface area contributed by atoms with Crippen LogP contribution < -0.4 is 11.3 Å². The van der Waals surface area contributed by atoms with Crippen LogP contribution in [0.2, 0.25) is 5.02 Å². The fourth-order valence-electron chi connectivity index (χ4n) is 2.05. The summed E-state index contributed by atoms with van der Waals surface area (Å²) in [5.41, 5.74) is 3.15. The minimum absolute atomic E-state index is 0.193. The van der Waals surface area contributed by atoms with Crippen LogP contribution in [-0.4, -0.2) is 13.2 Å². The second-order valence-electron chi connectivity index (χ2n) is 3.93. The van der Waals surface area contributed by atoms with E-state index in [1.54, 1.807) is 6.07 Å². The highest BCUT2D eigenvalue weighted by Gasteiger charge is 2.28. The van der Waals surface area contributed by atoms with Crippen LogP contribution in [0.4, 0.5) is 4.39 Å². The second-order valence-corrected chi connectivity index (χ2v) is 4.37. The minimum Gasteiger partial charge on any atom is -0.381 e. The molecule has 0 bridgehead atoms. The fourth-order valence-corrected chi connectivity index (χ4v) is 2.23. The third-order valence-electron chi connectivity index (χ3n) is 2.91. The molecule has 3 N–H and O–H groups in total. The Bertz CT molecular complexity index is 369. The van der Waals surface area contributed by atoms with Gasteiger partial charge in [-0.15, -0.1) is 0 Å². The second kappa shape index (κ2) is 5.10. The lowest BCUT2D eigenvalue weighted by atomic mass is 9.92. The van der Waals surface area contributed by atoms with Crippen molar-refractivity contribution in [3.63, 3.8) is 0 Å². The molecular weight excluding hydrogens is 231 g/mol. The van der Waals surface area contributed by atoms with Crippen molar-refractivity contribution in [1.29, 1.82) is 0 Å². The average molecular weight is 245 g/mol. The van der Waals surface area contributed by atoms with Gasteiger partial charge in [-0.25, -0.2) is 4.39 Å². The third kappa shape index (κ3) is 2.35. The van der Waals surface area contributed by atoms with E-state index >= 15 is 0 Å². The molecule has 0 aliphatic carbocycles. The molecule has 3 nitrogen and oxygen atoms in total. The first kappa shape index (κ1) is 11.8. The van der Waals surface area contributed by atoms with Crippen molar-refractivity contribution in [2.24, 2.45) is 11.8 Å². The molecule has 2 rings (SSSR count). The number of hydrazine groups is 1. The standard InChI is InChI=1S/C11H14ClFN2O/c12-8-1-2-10(13)9(5-8)11(15-14)7-3-4-16-6-7/h1-2,5,7,11,15H,3-4,6,14H2. The number of halogens is 2. The highest BCUT2D eigenvalue weighted by molar-refractivity contribution is 6.30. The molecule has 1 aliphatic rings. The molecule has 1 fully saturated rings. The van der Waals surface area contributed by atoms with Crippen molar-refractivity contribution in [2.45, 2.75) is 12.5 Å². The van der Waals surface area contributed by atoms with E-state index in [1.807, 2.05) is 0 Å². The molecular formula is C11H14ClFN2O. The van der Waals surface area contributed by atoms with Gasteiger partial charge in [-0.2, -0.15) is 0 Å². The summed E-state index contributed by atoms with van der Waals surface area (Å²) in [5, 5.41) is 0.510. The topological polar surface area (TPSA) is 47.3 Å². The number of hydrogen-bond donors (Lipinski definition) is 2. The van der Waals surface area contributed by atoms with E-state index < -0.39 is 0 Å². The van der Waals surface area contributed by atoms with Gasteiger partial charge in [0.25, 0.3) is 0 Å². The van der Waals surface area contributed by atoms with Crippen LogP contribution in [0.1, 0.15) is 18.0 Å². The molecule has 1 aliphatic heterocycles. The van der Waals surface area contributed by atoms with E-state index in [-0.39, 0.29) is 17.8 Å². The van der Waals surface area contributed by atoms with E-state index in [0.717, 1.165) is 6.42 Å². The first-order chi connectivity index (χ1) is 7.72. The zero-order valence-electron chi connectivity index (χ0n) is 8.75. The molecule has 1 aromatic rings. The van der Waals surface area contributed by atoms with Gasteiger partial charge in [0.05, 0.1) is 12.6 Å². The van der Waals surface area contributed by atoms with E-state index in [1.165, 1.54) is 12.1 Å². The van der Waals surface area contributed by atoms with Crippen molar-refractivity contribution < 1.29 is 9.13 Å². The summed E-state index contributed by atoms with van der Waals surface area (Å²) >= 11 is 5.86. The van der Waals surface area contributed by atoms with Gasteiger partial charge in [-0.3, -0.25) is 11.3 Å². The molecule has 1 heterocycles. The van der Waals surface area contributed by atoms with Gasteiger partial charge in [0.2, 0.25) is 0 Å². The number of rotatable bonds is 3. The smallest absolute Gasteiger partial charge is 0.128 e. The lowest BCUT2D eigenvalue weighted by Crippen LogP contribution is -2.34. The van der Waals surface area contributed by atoms with Gasteiger partial charge >= 0.3 is 0 Å². The maximum absolute atomic E-state index is 13.7. The Morgan fingerprint density at radius 2 is 2.38 bits per heavy atom. The monoisotopic (exact) mass is 244 g/mol. The summed E-state index contributed by atoms with van der Waals surface area (Å²) in [7, 11) is 0. The zero-order valence-corrected chi connectivity index (χ0v) is 9.51. The van der Waals surface area contributed by atoms with Crippen molar-refractivity contribution in [3.8, 4) is 0 Å².